The van der Waals surface area contributed by atoms with Crippen LogP contribution in [0.1, 0.15) is 23.4 Å². The molecule has 1 atom stereocenters. The van der Waals surface area contributed by atoms with Crippen LogP contribution in [0.4, 0.5) is 4.39 Å². The van der Waals surface area contributed by atoms with Crippen molar-refractivity contribution in [1.82, 2.24) is 14.7 Å². The Hall–Kier alpha value is -2.21. The second-order valence-electron chi connectivity index (χ2n) is 6.31. The van der Waals surface area contributed by atoms with E-state index >= 15 is 0 Å². The quantitative estimate of drug-likeness (QED) is 0.808. The van der Waals surface area contributed by atoms with Gasteiger partial charge in [0.2, 0.25) is 5.67 Å². The number of esters is 1. The fraction of sp³-hybridized carbons (Fsp3) is 0.444. The predicted molar refractivity (Wildman–Crippen MR) is 88.8 cm³/mol. The number of alkyl halides is 1. The zero-order valence-corrected chi connectivity index (χ0v) is 14.3. The molecule has 1 aliphatic heterocycles. The number of methoxy groups -OCH3 is 1. The minimum atomic E-state index is -1.90. The average molecular weight is 331 g/mol. The Morgan fingerprint density at radius 2 is 2.04 bits per heavy atom. The summed E-state index contributed by atoms with van der Waals surface area (Å²) < 4.78 is 21.1. The van der Waals surface area contributed by atoms with Gasteiger partial charge in [0.25, 0.3) is 0 Å². The molecule has 1 aromatic carbocycles. The molecule has 2 heterocycles. The molecule has 5 nitrogen and oxygen atoms in total. The SMILES string of the molecule is COC(=O)[C@@]1(F)CCN(Cc2c(C)nn(-c3ccccc3)c2C)C1. The van der Waals surface area contributed by atoms with Crippen LogP contribution in [0.25, 0.3) is 5.69 Å². The number of carbonyl (C=O) groups is 1. The summed E-state index contributed by atoms with van der Waals surface area (Å²) in [4.78, 5) is 13.6. The molecular formula is C18H22FN3O2. The maximum atomic E-state index is 14.6. The fourth-order valence-corrected chi connectivity index (χ4v) is 3.28. The number of halogens is 1. The molecule has 0 radical (unpaired) electrons. The van der Waals surface area contributed by atoms with Crippen molar-refractivity contribution in [3.05, 3.63) is 47.3 Å². The van der Waals surface area contributed by atoms with Crippen molar-refractivity contribution in [2.45, 2.75) is 32.5 Å². The van der Waals surface area contributed by atoms with E-state index in [0.717, 1.165) is 22.6 Å². The number of hydrogen-bond acceptors (Lipinski definition) is 4. The zero-order chi connectivity index (χ0) is 17.3. The van der Waals surface area contributed by atoms with E-state index in [0.29, 0.717) is 13.1 Å². The second-order valence-corrected chi connectivity index (χ2v) is 6.31. The summed E-state index contributed by atoms with van der Waals surface area (Å²) in [6.45, 7) is 5.14. The van der Waals surface area contributed by atoms with Crippen LogP contribution >= 0.6 is 0 Å². The molecule has 128 valence electrons. The van der Waals surface area contributed by atoms with Crippen LogP contribution in [0.15, 0.2) is 30.3 Å². The van der Waals surface area contributed by atoms with Crippen LogP contribution in [0, 0.1) is 13.8 Å². The van der Waals surface area contributed by atoms with Gasteiger partial charge in [-0.15, -0.1) is 0 Å². The van der Waals surface area contributed by atoms with Gasteiger partial charge in [0, 0.05) is 37.3 Å². The number of nitrogens with zero attached hydrogens (tertiary/aromatic N) is 3. The Morgan fingerprint density at radius 3 is 2.71 bits per heavy atom. The third-order valence-electron chi connectivity index (χ3n) is 4.67. The topological polar surface area (TPSA) is 47.4 Å². The molecule has 3 rings (SSSR count). The molecule has 1 saturated heterocycles. The van der Waals surface area contributed by atoms with Gasteiger partial charge >= 0.3 is 5.97 Å². The normalized spacial score (nSPS) is 21.2. The smallest absolute Gasteiger partial charge is 0.345 e. The lowest BCUT2D eigenvalue weighted by atomic mass is 10.1. The van der Waals surface area contributed by atoms with E-state index in [1.807, 2.05) is 53.8 Å². The third-order valence-corrected chi connectivity index (χ3v) is 4.67. The number of rotatable bonds is 4. The van der Waals surface area contributed by atoms with Gasteiger partial charge in [-0.2, -0.15) is 5.10 Å². The number of aromatic nitrogens is 2. The monoisotopic (exact) mass is 331 g/mol. The molecule has 6 heteroatoms. The highest BCUT2D eigenvalue weighted by Gasteiger charge is 2.46. The third kappa shape index (κ3) is 2.94. The highest BCUT2D eigenvalue weighted by Crippen LogP contribution is 2.29. The van der Waals surface area contributed by atoms with Crippen molar-refractivity contribution in [3.8, 4) is 5.69 Å². The predicted octanol–water partition coefficient (Wildman–Crippen LogP) is 2.58. The Morgan fingerprint density at radius 1 is 1.33 bits per heavy atom. The molecule has 0 aliphatic carbocycles. The summed E-state index contributed by atoms with van der Waals surface area (Å²) in [5.74, 6) is -0.779. The van der Waals surface area contributed by atoms with Crippen LogP contribution in [-0.4, -0.2) is 46.5 Å². The molecular weight excluding hydrogens is 309 g/mol. The van der Waals surface area contributed by atoms with E-state index in [-0.39, 0.29) is 13.0 Å². The molecule has 0 bridgehead atoms. The average Bonchev–Trinajstić information content (AvgIpc) is 3.11. The number of hydrogen-bond donors (Lipinski definition) is 0. The zero-order valence-electron chi connectivity index (χ0n) is 14.3. The second kappa shape index (κ2) is 6.36. The molecule has 0 spiro atoms. The lowest BCUT2D eigenvalue weighted by Gasteiger charge is -2.19. The number of aryl methyl sites for hydroxylation is 1. The highest BCUT2D eigenvalue weighted by molar-refractivity contribution is 5.80. The first-order valence-corrected chi connectivity index (χ1v) is 8.05. The minimum absolute atomic E-state index is 0.0646. The van der Waals surface area contributed by atoms with Crippen molar-refractivity contribution < 1.29 is 13.9 Å². The van der Waals surface area contributed by atoms with Crippen molar-refractivity contribution >= 4 is 5.97 Å². The van der Waals surface area contributed by atoms with Gasteiger partial charge in [-0.3, -0.25) is 4.90 Å². The summed E-state index contributed by atoms with van der Waals surface area (Å²) in [5.41, 5.74) is 2.14. The van der Waals surface area contributed by atoms with Gasteiger partial charge in [-0.05, 0) is 26.0 Å². The standard InChI is InChI=1S/C18H22FN3O2/c1-13-16(11-21-10-9-18(19,12-21)17(23)24-3)14(2)22(20-13)15-7-5-4-6-8-15/h4-8H,9-12H2,1-3H3/t18-/m1/s1. The van der Waals surface area contributed by atoms with Crippen molar-refractivity contribution in [2.75, 3.05) is 20.2 Å². The van der Waals surface area contributed by atoms with Crippen LogP contribution in [0.2, 0.25) is 0 Å². The van der Waals surface area contributed by atoms with Gasteiger partial charge in [0.15, 0.2) is 0 Å². The molecule has 0 N–H and O–H groups in total. The van der Waals surface area contributed by atoms with E-state index in [4.69, 9.17) is 0 Å². The van der Waals surface area contributed by atoms with Crippen LogP contribution < -0.4 is 0 Å². The van der Waals surface area contributed by atoms with E-state index < -0.39 is 11.6 Å². The van der Waals surface area contributed by atoms with E-state index in [1.165, 1.54) is 7.11 Å². The molecule has 1 fully saturated rings. The molecule has 24 heavy (non-hydrogen) atoms. The van der Waals surface area contributed by atoms with Crippen molar-refractivity contribution in [3.63, 3.8) is 0 Å². The van der Waals surface area contributed by atoms with Gasteiger partial charge in [0.05, 0.1) is 18.5 Å². The molecule has 0 amide bonds. The van der Waals surface area contributed by atoms with Crippen LogP contribution in [0.5, 0.6) is 0 Å². The van der Waals surface area contributed by atoms with Gasteiger partial charge in [-0.1, -0.05) is 18.2 Å². The first-order chi connectivity index (χ1) is 11.4. The Labute approximate surface area is 141 Å². The first kappa shape index (κ1) is 16.6. The Bertz CT molecular complexity index is 744. The lowest BCUT2D eigenvalue weighted by Crippen LogP contribution is -2.38. The van der Waals surface area contributed by atoms with Crippen LogP contribution in [-0.2, 0) is 16.1 Å². The van der Waals surface area contributed by atoms with Crippen LogP contribution in [0.3, 0.4) is 0 Å². The fourth-order valence-electron chi connectivity index (χ4n) is 3.28. The molecule has 2 aromatic rings. The maximum absolute atomic E-state index is 14.6. The summed E-state index contributed by atoms with van der Waals surface area (Å²) >= 11 is 0. The van der Waals surface area contributed by atoms with Crippen molar-refractivity contribution in [1.29, 1.82) is 0 Å². The highest BCUT2D eigenvalue weighted by atomic mass is 19.1. The summed E-state index contributed by atoms with van der Waals surface area (Å²) in [6, 6.07) is 9.92. The summed E-state index contributed by atoms with van der Waals surface area (Å²) in [5, 5.41) is 4.61. The van der Waals surface area contributed by atoms with E-state index in [1.54, 1.807) is 0 Å². The van der Waals surface area contributed by atoms with Gasteiger partial charge in [-0.25, -0.2) is 13.9 Å². The van der Waals surface area contributed by atoms with Gasteiger partial charge < -0.3 is 4.74 Å². The molecule has 0 saturated carbocycles. The van der Waals surface area contributed by atoms with E-state index in [9.17, 15) is 9.18 Å². The number of likely N-dealkylation sites (tertiary alicyclic amines) is 1. The number of carbonyl (C=O) groups excluding carboxylic acids is 1. The van der Waals surface area contributed by atoms with Gasteiger partial charge in [0.1, 0.15) is 0 Å². The van der Waals surface area contributed by atoms with Crippen molar-refractivity contribution in [2.24, 2.45) is 0 Å². The number of para-hydroxylation sites is 1. The molecule has 0 unspecified atom stereocenters. The largest absolute Gasteiger partial charge is 0.467 e. The van der Waals surface area contributed by atoms with E-state index in [2.05, 4.69) is 9.84 Å². The lowest BCUT2D eigenvalue weighted by molar-refractivity contribution is -0.153. The summed E-state index contributed by atoms with van der Waals surface area (Å²) in [6.07, 6.45) is 0.171. The molecule has 1 aromatic heterocycles. The Balaban J connectivity index is 1.80. The maximum Gasteiger partial charge on any atom is 0.345 e. The first-order valence-electron chi connectivity index (χ1n) is 8.05. The number of ether oxygens (including phenoxy) is 1. The number of benzene rings is 1. The minimum Gasteiger partial charge on any atom is -0.467 e. The Kier molecular flexibility index (Phi) is 4.41. The molecule has 1 aliphatic rings. The summed E-state index contributed by atoms with van der Waals surface area (Å²) in [7, 11) is 1.23.